The monoisotopic (exact) mass is 973 g/mol. The van der Waals surface area contributed by atoms with E-state index in [1.807, 2.05) is 6.92 Å². The summed E-state index contributed by atoms with van der Waals surface area (Å²) >= 11 is 0. The van der Waals surface area contributed by atoms with Crippen molar-refractivity contribution in [3.8, 4) is 0 Å². The fourth-order valence-corrected chi connectivity index (χ4v) is 21.5. The van der Waals surface area contributed by atoms with Crippen LogP contribution in [0.1, 0.15) is 229 Å². The first-order valence-electron chi connectivity index (χ1n) is 28.1. The van der Waals surface area contributed by atoms with E-state index >= 15 is 0 Å². The number of rotatable bonds is 0. The van der Waals surface area contributed by atoms with Gasteiger partial charge in [-0.2, -0.15) is 19.8 Å². The number of hydrogen-bond acceptors (Lipinski definition) is 5. The van der Waals surface area contributed by atoms with Crippen LogP contribution in [-0.4, -0.2) is 44.7 Å². The van der Waals surface area contributed by atoms with Crippen molar-refractivity contribution >= 4 is 11.6 Å². The van der Waals surface area contributed by atoms with Gasteiger partial charge in [0.15, 0.2) is 0 Å². The largest absolute Gasteiger partial charge is 0.393 e. The third-order valence-corrected chi connectivity index (χ3v) is 25.8. The first-order chi connectivity index (χ1) is 30.2. The standard InChI is InChI=1S/C20H32O2.C20H33O.C19H30O2.Y/c1-18(22)10-11-19(2)13(12-18)4-5-14-15-6-7-17(21)20(15,3)9-8-16(14)19;1-13-8-10-19(2)14(12-13)4-5-15-16-6-7-18(21)20(16,3)11-9-17(15)19;1-18-9-7-13(20)11-12(18)3-4-14-15-5-6-17(21)19(15,2)10-8-16(14)18;/h13-16,22H,4-12H2,1-3H3;14-18,21H,4-12H2,1-3H3;12,14-17,21H,3-11H2,1-2H3;/q;-1;;/t13-,14+,15+,16+,18-,19+,20+;14-,15+,16+,17+,18+,19+,20+;12-,14+,15+,16+,17+,18+,19+;/m000./s1. The number of aliphatic hydroxyl groups excluding tert-OH is 2. The van der Waals surface area contributed by atoms with Gasteiger partial charge in [0, 0.05) is 57.4 Å². The predicted octanol–water partition coefficient (Wildman–Crippen LogP) is 13.3. The zero-order valence-electron chi connectivity index (χ0n) is 42.9. The molecule has 65 heavy (non-hydrogen) atoms. The van der Waals surface area contributed by atoms with Gasteiger partial charge < -0.3 is 21.2 Å². The van der Waals surface area contributed by atoms with Crippen LogP contribution in [0.5, 0.6) is 0 Å². The summed E-state index contributed by atoms with van der Waals surface area (Å²) in [4.78, 5) is 24.3. The third-order valence-electron chi connectivity index (χ3n) is 25.8. The molecule has 0 bridgehead atoms. The van der Waals surface area contributed by atoms with Gasteiger partial charge in [-0.05, 0) is 228 Å². The molecule has 12 rings (SSSR count). The number of hydrogen-bond donors (Lipinski definition) is 3. The number of carbonyl (C=O) groups excluding carboxylic acids is 2. The zero-order chi connectivity index (χ0) is 45.4. The molecule has 6 heteroatoms. The van der Waals surface area contributed by atoms with Gasteiger partial charge in [0.1, 0.15) is 11.6 Å². The Kier molecular flexibility index (Phi) is 13.8. The zero-order valence-corrected chi connectivity index (χ0v) is 45.7. The molecule has 0 spiro atoms. The second-order valence-electron chi connectivity index (χ2n) is 28.3. The topological polar surface area (TPSA) is 94.8 Å². The van der Waals surface area contributed by atoms with Crippen LogP contribution in [0.2, 0.25) is 0 Å². The average molecular weight is 973 g/mol. The Hall–Kier alpha value is 0.324. The summed E-state index contributed by atoms with van der Waals surface area (Å²) in [5, 5.41) is 31.5. The summed E-state index contributed by atoms with van der Waals surface area (Å²) in [7, 11) is 0. The molecule has 0 saturated heterocycles. The Balaban J connectivity index is 0.000000122. The van der Waals surface area contributed by atoms with Crippen molar-refractivity contribution in [1.82, 2.24) is 0 Å². The van der Waals surface area contributed by atoms with Gasteiger partial charge in [0.2, 0.25) is 0 Å². The smallest absolute Gasteiger partial charge is 0.139 e. The average Bonchev–Trinajstić information content (AvgIpc) is 3.86. The van der Waals surface area contributed by atoms with Crippen LogP contribution >= 0.6 is 0 Å². The maximum atomic E-state index is 12.4. The van der Waals surface area contributed by atoms with Gasteiger partial charge in [0.05, 0.1) is 17.8 Å². The molecule has 3 N–H and O–H groups in total. The summed E-state index contributed by atoms with van der Waals surface area (Å²) in [5.74, 6) is 12.4. The number of fused-ring (bicyclic) bond motifs is 15. The van der Waals surface area contributed by atoms with E-state index in [9.17, 15) is 24.9 Å². The molecule has 12 aliphatic rings. The first-order valence-corrected chi connectivity index (χ1v) is 28.1. The molecule has 365 valence electrons. The fraction of sp³-hybridized carbons (Fsp3) is 0.949. The van der Waals surface area contributed by atoms with Crippen LogP contribution in [0.15, 0.2) is 0 Å². The van der Waals surface area contributed by atoms with E-state index in [0.717, 1.165) is 117 Å². The van der Waals surface area contributed by atoms with Crippen molar-refractivity contribution in [2.24, 2.45) is 104 Å². The molecule has 0 aromatic rings. The fourth-order valence-electron chi connectivity index (χ4n) is 21.5. The van der Waals surface area contributed by atoms with E-state index in [1.54, 1.807) is 5.92 Å². The normalized spacial score (nSPS) is 56.4. The molecule has 0 aromatic carbocycles. The van der Waals surface area contributed by atoms with Gasteiger partial charge in [0.25, 0.3) is 0 Å². The summed E-state index contributed by atoms with van der Waals surface area (Å²) < 4.78 is 0. The van der Waals surface area contributed by atoms with E-state index in [1.165, 1.54) is 109 Å². The van der Waals surface area contributed by atoms with Crippen LogP contribution < -0.4 is 0 Å². The second kappa shape index (κ2) is 17.8. The van der Waals surface area contributed by atoms with Gasteiger partial charge in [-0.3, -0.25) is 9.59 Å². The van der Waals surface area contributed by atoms with Crippen molar-refractivity contribution in [2.75, 3.05) is 0 Å². The maximum Gasteiger partial charge on any atom is 0.139 e. The minimum Gasteiger partial charge on any atom is -0.393 e. The molecule has 12 fully saturated rings. The van der Waals surface area contributed by atoms with E-state index in [0.29, 0.717) is 45.6 Å². The van der Waals surface area contributed by atoms with Crippen LogP contribution in [0.25, 0.3) is 0 Å². The maximum absolute atomic E-state index is 12.4. The van der Waals surface area contributed by atoms with Crippen LogP contribution in [-0.2, 0) is 42.3 Å². The SMILES string of the molecule is C[C-]1CC[C@]2(C)[C@@H](CC[C@@H]3[C@H]4CC[C@@H](O)[C@]4(C)CC[C@H]32)C1.C[C@@]12CC[C@@H]3[C@H](CC[C@H]4CC(=O)CC[C@]43C)[C@H]1CC[C@H]2O.C[C@]1(O)CC[C@]2(C)[C@@H](CC[C@H]3[C@H]2CC[C@@]2(C)C(=O)CC[C@H]32)C1.[Y]. The Bertz CT molecular complexity index is 1780. The number of Topliss-reactive ketones (excluding diaryl/α,β-unsaturated/α-hetero) is 2. The molecule has 0 heterocycles. The predicted molar refractivity (Wildman–Crippen MR) is 257 cm³/mol. The van der Waals surface area contributed by atoms with E-state index in [2.05, 4.69) is 48.5 Å². The second-order valence-corrected chi connectivity index (χ2v) is 28.3. The molecule has 21 atom stereocenters. The molecular formula is C59H95O5Y-. The minimum atomic E-state index is -0.441. The molecule has 12 saturated carbocycles. The molecule has 0 aromatic heterocycles. The Morgan fingerprint density at radius 3 is 1.57 bits per heavy atom. The first kappa shape index (κ1) is 50.3. The Labute approximate surface area is 422 Å². The van der Waals surface area contributed by atoms with Gasteiger partial charge in [-0.15, -0.1) is 0 Å². The van der Waals surface area contributed by atoms with Gasteiger partial charge >= 0.3 is 0 Å². The number of aliphatic hydroxyl groups is 3. The summed E-state index contributed by atoms with van der Waals surface area (Å²) in [6.45, 7) is 19.1. The van der Waals surface area contributed by atoms with Crippen molar-refractivity contribution in [3.63, 3.8) is 0 Å². The van der Waals surface area contributed by atoms with E-state index < -0.39 is 5.60 Å². The number of carbonyl (C=O) groups is 2. The van der Waals surface area contributed by atoms with Crippen LogP contribution in [0.3, 0.4) is 0 Å². The number of ketones is 2. The molecule has 0 aliphatic heterocycles. The molecule has 5 nitrogen and oxygen atoms in total. The molecule has 1 radical (unpaired) electrons. The van der Waals surface area contributed by atoms with Crippen molar-refractivity contribution in [3.05, 3.63) is 5.92 Å². The summed E-state index contributed by atoms with van der Waals surface area (Å²) in [6, 6.07) is 0. The quantitative estimate of drug-likeness (QED) is 0.210. The molecule has 0 amide bonds. The summed E-state index contributed by atoms with van der Waals surface area (Å²) in [6.07, 6.45) is 32.3. The van der Waals surface area contributed by atoms with E-state index in [4.69, 9.17) is 0 Å². The van der Waals surface area contributed by atoms with E-state index in [-0.39, 0.29) is 61.2 Å². The Morgan fingerprint density at radius 2 is 0.969 bits per heavy atom. The molecule has 12 aliphatic carbocycles. The molecular weight excluding hydrogens is 878 g/mol. The van der Waals surface area contributed by atoms with Gasteiger partial charge in [-0.1, -0.05) is 60.3 Å². The van der Waals surface area contributed by atoms with Crippen molar-refractivity contribution in [1.29, 1.82) is 0 Å². The third kappa shape index (κ3) is 8.04. The minimum absolute atomic E-state index is 0. The van der Waals surface area contributed by atoms with Crippen LogP contribution in [0, 0.1) is 109 Å². The van der Waals surface area contributed by atoms with Gasteiger partial charge in [-0.25, -0.2) is 0 Å². The van der Waals surface area contributed by atoms with Crippen molar-refractivity contribution < 1.29 is 57.6 Å². The summed E-state index contributed by atoms with van der Waals surface area (Å²) in [5.41, 5.74) is 1.44. The van der Waals surface area contributed by atoms with Crippen LogP contribution in [0.4, 0.5) is 0 Å². The Morgan fingerprint density at radius 1 is 0.477 bits per heavy atom. The van der Waals surface area contributed by atoms with Crippen molar-refractivity contribution in [2.45, 2.75) is 247 Å². The molecule has 0 unspecified atom stereocenters.